The van der Waals surface area contributed by atoms with E-state index in [-0.39, 0.29) is 5.91 Å². The average molecular weight is 312 g/mol. The van der Waals surface area contributed by atoms with Crippen molar-refractivity contribution < 1.29 is 4.79 Å². The van der Waals surface area contributed by atoms with Crippen molar-refractivity contribution in [1.82, 2.24) is 19.4 Å². The van der Waals surface area contributed by atoms with E-state index in [1.165, 1.54) is 0 Å². The number of hydrogen-bond donors (Lipinski definition) is 0. The molecule has 2 aromatic rings. The van der Waals surface area contributed by atoms with Gasteiger partial charge in [-0.1, -0.05) is 13.0 Å². The number of amides is 1. The van der Waals surface area contributed by atoms with Crippen LogP contribution in [-0.4, -0.2) is 38.4 Å². The number of nitrogens with zero attached hydrogens (tertiary/aromatic N) is 4. The summed E-state index contributed by atoms with van der Waals surface area (Å²) in [5.74, 6) is 1.30. The number of likely N-dealkylation sites (tertiary alicyclic amines) is 1. The van der Waals surface area contributed by atoms with Crippen molar-refractivity contribution in [3.63, 3.8) is 0 Å². The molecular weight excluding hydrogens is 288 g/mol. The highest BCUT2D eigenvalue weighted by atomic mass is 16.2. The Kier molecular flexibility index (Phi) is 4.74. The summed E-state index contributed by atoms with van der Waals surface area (Å²) in [6.07, 6.45) is 9.22. The smallest absolute Gasteiger partial charge is 0.227 e. The van der Waals surface area contributed by atoms with Gasteiger partial charge in [-0.05, 0) is 31.4 Å². The van der Waals surface area contributed by atoms with Crippen molar-refractivity contribution in [3.8, 4) is 0 Å². The maximum Gasteiger partial charge on any atom is 0.227 e. The Labute approximate surface area is 137 Å². The van der Waals surface area contributed by atoms with Gasteiger partial charge in [-0.2, -0.15) is 0 Å². The van der Waals surface area contributed by atoms with Crippen LogP contribution in [0.5, 0.6) is 0 Å². The molecule has 0 aliphatic carbocycles. The van der Waals surface area contributed by atoms with Gasteiger partial charge in [0.15, 0.2) is 0 Å². The monoisotopic (exact) mass is 312 g/mol. The fourth-order valence-corrected chi connectivity index (χ4v) is 3.25. The molecule has 1 unspecified atom stereocenters. The molecule has 1 aliphatic rings. The third-order valence-corrected chi connectivity index (χ3v) is 4.54. The number of piperidine rings is 1. The lowest BCUT2D eigenvalue weighted by molar-refractivity contribution is -0.132. The van der Waals surface area contributed by atoms with Crippen molar-refractivity contribution in [2.45, 2.75) is 45.6 Å². The zero-order valence-corrected chi connectivity index (χ0v) is 13.9. The van der Waals surface area contributed by atoms with Gasteiger partial charge < -0.3 is 9.47 Å². The lowest BCUT2D eigenvalue weighted by atomic mass is 10.0. The van der Waals surface area contributed by atoms with E-state index in [0.717, 1.165) is 49.4 Å². The first-order valence-corrected chi connectivity index (χ1v) is 8.38. The second-order valence-electron chi connectivity index (χ2n) is 6.22. The summed E-state index contributed by atoms with van der Waals surface area (Å²) in [6, 6.07) is 4.30. The van der Waals surface area contributed by atoms with Gasteiger partial charge in [0.1, 0.15) is 5.82 Å². The fraction of sp³-hybridized carbons (Fsp3) is 0.500. The third-order valence-electron chi connectivity index (χ3n) is 4.54. The van der Waals surface area contributed by atoms with Crippen LogP contribution in [0.2, 0.25) is 0 Å². The molecule has 1 atom stereocenters. The summed E-state index contributed by atoms with van der Waals surface area (Å²) in [5, 5.41) is 0. The van der Waals surface area contributed by atoms with Gasteiger partial charge in [-0.15, -0.1) is 0 Å². The van der Waals surface area contributed by atoms with E-state index in [2.05, 4.69) is 21.5 Å². The van der Waals surface area contributed by atoms with E-state index >= 15 is 0 Å². The van der Waals surface area contributed by atoms with Crippen LogP contribution in [0, 0.1) is 6.92 Å². The minimum atomic E-state index is 0.193. The minimum Gasteiger partial charge on any atom is -0.340 e. The standard InChI is InChI=1S/C18H24N4O/c1-3-17-19-8-10-22(17)16-5-4-9-21(13-16)18(23)11-15-7-6-14(2)20-12-15/h6-8,10,12,16H,3-5,9,11,13H2,1-2H3. The Morgan fingerprint density at radius 3 is 2.96 bits per heavy atom. The zero-order valence-electron chi connectivity index (χ0n) is 13.9. The normalized spacial score (nSPS) is 18.2. The van der Waals surface area contributed by atoms with Gasteiger partial charge in [-0.25, -0.2) is 4.98 Å². The number of carbonyl (C=O) groups excluding carboxylic acids is 1. The Morgan fingerprint density at radius 2 is 2.22 bits per heavy atom. The van der Waals surface area contributed by atoms with Crippen molar-refractivity contribution in [3.05, 3.63) is 47.8 Å². The number of aryl methyl sites for hydroxylation is 2. The van der Waals surface area contributed by atoms with Gasteiger partial charge in [0.25, 0.3) is 0 Å². The molecule has 3 rings (SSSR count). The van der Waals surface area contributed by atoms with Crippen LogP contribution >= 0.6 is 0 Å². The highest BCUT2D eigenvalue weighted by Crippen LogP contribution is 2.23. The summed E-state index contributed by atoms with van der Waals surface area (Å²) < 4.78 is 2.24. The Bertz CT molecular complexity index is 662. The van der Waals surface area contributed by atoms with Crippen LogP contribution in [0.15, 0.2) is 30.7 Å². The van der Waals surface area contributed by atoms with Crippen LogP contribution in [-0.2, 0) is 17.6 Å². The molecule has 5 heteroatoms. The molecule has 0 N–H and O–H groups in total. The maximum atomic E-state index is 12.6. The average Bonchev–Trinajstić information content (AvgIpc) is 3.06. The largest absolute Gasteiger partial charge is 0.340 e. The number of aromatic nitrogens is 3. The quantitative estimate of drug-likeness (QED) is 0.872. The topological polar surface area (TPSA) is 51.0 Å². The first kappa shape index (κ1) is 15.7. The summed E-state index contributed by atoms with van der Waals surface area (Å²) in [5.41, 5.74) is 1.96. The van der Waals surface area contributed by atoms with Gasteiger partial charge in [0.2, 0.25) is 5.91 Å². The van der Waals surface area contributed by atoms with Crippen LogP contribution in [0.25, 0.3) is 0 Å². The van der Waals surface area contributed by atoms with Crippen molar-refractivity contribution in [1.29, 1.82) is 0 Å². The lowest BCUT2D eigenvalue weighted by Gasteiger charge is -2.34. The van der Waals surface area contributed by atoms with E-state index in [1.54, 1.807) is 6.20 Å². The van der Waals surface area contributed by atoms with E-state index in [1.807, 2.05) is 36.4 Å². The SMILES string of the molecule is CCc1nccn1C1CCCN(C(=O)Cc2ccc(C)nc2)C1. The number of hydrogen-bond acceptors (Lipinski definition) is 3. The van der Waals surface area contributed by atoms with Crippen LogP contribution in [0.1, 0.15) is 42.9 Å². The molecule has 0 aromatic carbocycles. The molecule has 0 saturated carbocycles. The number of carbonyl (C=O) groups is 1. The van der Waals surface area contributed by atoms with Crippen LogP contribution in [0.3, 0.4) is 0 Å². The lowest BCUT2D eigenvalue weighted by Crippen LogP contribution is -2.41. The molecule has 2 aromatic heterocycles. The maximum absolute atomic E-state index is 12.6. The van der Waals surface area contributed by atoms with Gasteiger partial charge in [0, 0.05) is 43.8 Å². The molecule has 3 heterocycles. The second-order valence-corrected chi connectivity index (χ2v) is 6.22. The molecular formula is C18H24N4O. The van der Waals surface area contributed by atoms with Crippen molar-refractivity contribution >= 4 is 5.91 Å². The second kappa shape index (κ2) is 6.94. The van der Waals surface area contributed by atoms with E-state index in [0.29, 0.717) is 12.5 Å². The Balaban J connectivity index is 1.66. The molecule has 5 nitrogen and oxygen atoms in total. The Morgan fingerprint density at radius 1 is 1.35 bits per heavy atom. The number of imidazole rings is 1. The molecule has 1 aliphatic heterocycles. The van der Waals surface area contributed by atoms with Gasteiger partial charge in [-0.3, -0.25) is 9.78 Å². The van der Waals surface area contributed by atoms with Crippen LogP contribution in [0.4, 0.5) is 0 Å². The van der Waals surface area contributed by atoms with Gasteiger partial charge >= 0.3 is 0 Å². The highest BCUT2D eigenvalue weighted by Gasteiger charge is 2.25. The molecule has 1 saturated heterocycles. The number of rotatable bonds is 4. The first-order chi connectivity index (χ1) is 11.2. The van der Waals surface area contributed by atoms with Crippen molar-refractivity contribution in [2.75, 3.05) is 13.1 Å². The summed E-state index contributed by atoms with van der Waals surface area (Å²) in [4.78, 5) is 23.3. The molecule has 0 bridgehead atoms. The minimum absolute atomic E-state index is 0.193. The summed E-state index contributed by atoms with van der Waals surface area (Å²) in [6.45, 7) is 5.71. The predicted octanol–water partition coefficient (Wildman–Crippen LogP) is 2.56. The molecule has 0 spiro atoms. The third kappa shape index (κ3) is 3.60. The Hall–Kier alpha value is -2.17. The zero-order chi connectivity index (χ0) is 16.2. The molecule has 1 fully saturated rings. The summed E-state index contributed by atoms with van der Waals surface area (Å²) >= 11 is 0. The molecule has 122 valence electrons. The molecule has 1 amide bonds. The summed E-state index contributed by atoms with van der Waals surface area (Å²) in [7, 11) is 0. The highest BCUT2D eigenvalue weighted by molar-refractivity contribution is 5.78. The van der Waals surface area contributed by atoms with Gasteiger partial charge in [0.05, 0.1) is 12.5 Å². The molecule has 23 heavy (non-hydrogen) atoms. The van der Waals surface area contributed by atoms with E-state index in [9.17, 15) is 4.79 Å². The first-order valence-electron chi connectivity index (χ1n) is 8.38. The van der Waals surface area contributed by atoms with E-state index in [4.69, 9.17) is 0 Å². The van der Waals surface area contributed by atoms with Crippen molar-refractivity contribution in [2.24, 2.45) is 0 Å². The van der Waals surface area contributed by atoms with E-state index < -0.39 is 0 Å². The predicted molar refractivity (Wildman–Crippen MR) is 89.1 cm³/mol. The number of pyridine rings is 1. The van der Waals surface area contributed by atoms with Crippen LogP contribution < -0.4 is 0 Å². The molecule has 0 radical (unpaired) electrons. The fourth-order valence-electron chi connectivity index (χ4n) is 3.25.